The van der Waals surface area contributed by atoms with E-state index in [0.717, 1.165) is 70.3 Å². The Morgan fingerprint density at radius 3 is 1.85 bits per heavy atom. The molecule has 1 aliphatic rings. The third-order valence-electron chi connectivity index (χ3n) is 8.87. The zero-order chi connectivity index (χ0) is 28.5. The summed E-state index contributed by atoms with van der Waals surface area (Å²) in [6.45, 7) is 16.7. The van der Waals surface area contributed by atoms with Gasteiger partial charge in [0.05, 0.1) is 6.10 Å². The van der Waals surface area contributed by atoms with Gasteiger partial charge in [0.25, 0.3) is 0 Å². The van der Waals surface area contributed by atoms with Crippen LogP contribution in [0.2, 0.25) is 0 Å². The molecule has 4 rings (SSSR count). The van der Waals surface area contributed by atoms with E-state index < -0.39 is 6.10 Å². The maximum Gasteiger partial charge on any atom is 0.0870 e. The number of aryl methyl sites for hydroxylation is 5. The zero-order valence-electron chi connectivity index (χ0n) is 25.3. The van der Waals surface area contributed by atoms with Gasteiger partial charge in [0.15, 0.2) is 0 Å². The highest BCUT2D eigenvalue weighted by Gasteiger charge is 2.33. The Labute approximate surface area is 243 Å². The lowest BCUT2D eigenvalue weighted by molar-refractivity contribution is -0.0116. The van der Waals surface area contributed by atoms with Gasteiger partial charge < -0.3 is 10.0 Å². The summed E-state index contributed by atoms with van der Waals surface area (Å²) in [5.41, 5.74) is 10.9. The Morgan fingerprint density at radius 2 is 1.35 bits per heavy atom. The van der Waals surface area contributed by atoms with Gasteiger partial charge in [-0.25, -0.2) is 0 Å². The van der Waals surface area contributed by atoms with Gasteiger partial charge in [-0.1, -0.05) is 101 Å². The van der Waals surface area contributed by atoms with Crippen molar-refractivity contribution < 1.29 is 5.11 Å². The number of aliphatic hydroxyl groups excluding tert-OH is 1. The van der Waals surface area contributed by atoms with Gasteiger partial charge >= 0.3 is 0 Å². The fraction of sp³-hybridized carbons (Fsp3) is 0.459. The van der Waals surface area contributed by atoms with E-state index in [-0.39, 0.29) is 6.04 Å². The van der Waals surface area contributed by atoms with Gasteiger partial charge in [-0.15, -0.1) is 0 Å². The highest BCUT2D eigenvalue weighted by Crippen LogP contribution is 2.28. The molecule has 0 radical (unpaired) electrons. The summed E-state index contributed by atoms with van der Waals surface area (Å²) in [4.78, 5) is 4.89. The van der Waals surface area contributed by atoms with Crippen LogP contribution in [0.25, 0.3) is 0 Å². The summed E-state index contributed by atoms with van der Waals surface area (Å²) in [6, 6.07) is 24.8. The SMILES string of the molecule is C=C(CCc1ccccc1)N1CCC(N(Cc2ccc(CC)cc2CC)Cc2ccc(CC)cc2CC)C(O)C1. The summed E-state index contributed by atoms with van der Waals surface area (Å²) in [5.74, 6) is 0. The first kappa shape index (κ1) is 30.1. The molecule has 2 atom stereocenters. The molecule has 0 saturated carbocycles. The Morgan fingerprint density at radius 1 is 0.775 bits per heavy atom. The van der Waals surface area contributed by atoms with Crippen LogP contribution in [0.4, 0.5) is 0 Å². The molecule has 3 aromatic rings. The van der Waals surface area contributed by atoms with Gasteiger partial charge in [-0.05, 0) is 83.9 Å². The quantitative estimate of drug-likeness (QED) is 0.244. The number of likely N-dealkylation sites (tertiary alicyclic amines) is 1. The van der Waals surface area contributed by atoms with Crippen LogP contribution in [0.1, 0.15) is 79.5 Å². The fourth-order valence-corrected chi connectivity index (χ4v) is 6.22. The van der Waals surface area contributed by atoms with E-state index in [9.17, 15) is 5.11 Å². The molecule has 0 amide bonds. The molecule has 0 bridgehead atoms. The van der Waals surface area contributed by atoms with Crippen LogP contribution in [-0.4, -0.2) is 40.1 Å². The van der Waals surface area contributed by atoms with Crippen molar-refractivity contribution in [1.29, 1.82) is 0 Å². The van der Waals surface area contributed by atoms with E-state index in [1.807, 2.05) is 0 Å². The Hall–Kier alpha value is -2.88. The van der Waals surface area contributed by atoms with E-state index in [4.69, 9.17) is 0 Å². The van der Waals surface area contributed by atoms with Crippen LogP contribution in [-0.2, 0) is 45.2 Å². The molecule has 0 aliphatic carbocycles. The number of allylic oxidation sites excluding steroid dienone is 1. The van der Waals surface area contributed by atoms with Crippen molar-refractivity contribution in [3.8, 4) is 0 Å². The average Bonchev–Trinajstić information content (AvgIpc) is 3.00. The highest BCUT2D eigenvalue weighted by atomic mass is 16.3. The van der Waals surface area contributed by atoms with Crippen molar-refractivity contribution in [3.05, 3.63) is 118 Å². The van der Waals surface area contributed by atoms with E-state index >= 15 is 0 Å². The second-order valence-corrected chi connectivity index (χ2v) is 11.4. The number of benzene rings is 3. The largest absolute Gasteiger partial charge is 0.390 e. The van der Waals surface area contributed by atoms with E-state index in [1.165, 1.54) is 38.9 Å². The molecule has 214 valence electrons. The van der Waals surface area contributed by atoms with E-state index in [2.05, 4.69) is 111 Å². The van der Waals surface area contributed by atoms with Crippen LogP contribution in [0.5, 0.6) is 0 Å². The number of β-amino-alcohol motifs (C(OH)–C–C–N with tert-alkyl or cyclic N) is 1. The van der Waals surface area contributed by atoms with Crippen molar-refractivity contribution in [2.24, 2.45) is 0 Å². The molecule has 1 fully saturated rings. The molecular formula is C37H50N2O. The zero-order valence-corrected chi connectivity index (χ0v) is 25.3. The maximum atomic E-state index is 11.6. The summed E-state index contributed by atoms with van der Waals surface area (Å²) in [6.07, 6.45) is 6.63. The normalized spacial score (nSPS) is 17.4. The number of nitrogens with zero attached hydrogens (tertiary/aromatic N) is 2. The lowest BCUT2D eigenvalue weighted by Crippen LogP contribution is -2.53. The molecule has 1 heterocycles. The van der Waals surface area contributed by atoms with Crippen LogP contribution < -0.4 is 0 Å². The average molecular weight is 539 g/mol. The predicted octanol–water partition coefficient (Wildman–Crippen LogP) is 7.52. The van der Waals surface area contributed by atoms with Gasteiger partial charge in [-0.3, -0.25) is 4.90 Å². The third-order valence-corrected chi connectivity index (χ3v) is 8.87. The minimum Gasteiger partial charge on any atom is -0.390 e. The van der Waals surface area contributed by atoms with Crippen molar-refractivity contribution in [2.75, 3.05) is 13.1 Å². The Balaban J connectivity index is 1.53. The molecule has 0 aromatic heterocycles. The topological polar surface area (TPSA) is 26.7 Å². The van der Waals surface area contributed by atoms with Crippen LogP contribution in [0, 0.1) is 0 Å². The number of piperidine rings is 1. The fourth-order valence-electron chi connectivity index (χ4n) is 6.22. The molecule has 2 unspecified atom stereocenters. The van der Waals surface area contributed by atoms with Crippen LogP contribution in [0.3, 0.4) is 0 Å². The molecule has 1 saturated heterocycles. The van der Waals surface area contributed by atoms with Crippen molar-refractivity contribution in [1.82, 2.24) is 9.80 Å². The van der Waals surface area contributed by atoms with Gasteiger partial charge in [0.1, 0.15) is 0 Å². The van der Waals surface area contributed by atoms with Crippen molar-refractivity contribution in [3.63, 3.8) is 0 Å². The lowest BCUT2D eigenvalue weighted by atomic mass is 9.94. The van der Waals surface area contributed by atoms with E-state index in [0.29, 0.717) is 6.54 Å². The summed E-state index contributed by atoms with van der Waals surface area (Å²) >= 11 is 0. The third kappa shape index (κ3) is 7.65. The Bertz CT molecular complexity index is 1180. The molecule has 3 nitrogen and oxygen atoms in total. The molecule has 40 heavy (non-hydrogen) atoms. The van der Waals surface area contributed by atoms with Crippen LogP contribution >= 0.6 is 0 Å². The highest BCUT2D eigenvalue weighted by molar-refractivity contribution is 5.34. The Kier molecular flexibility index (Phi) is 11.0. The van der Waals surface area contributed by atoms with Crippen molar-refractivity contribution >= 4 is 0 Å². The first-order valence-corrected chi connectivity index (χ1v) is 15.6. The van der Waals surface area contributed by atoms with Gasteiger partial charge in [0.2, 0.25) is 0 Å². The summed E-state index contributed by atoms with van der Waals surface area (Å²) in [7, 11) is 0. The minimum atomic E-state index is -0.415. The molecule has 1 N–H and O–H groups in total. The summed E-state index contributed by atoms with van der Waals surface area (Å²) in [5, 5.41) is 11.6. The van der Waals surface area contributed by atoms with Gasteiger partial charge in [0, 0.05) is 37.9 Å². The monoisotopic (exact) mass is 538 g/mol. The van der Waals surface area contributed by atoms with Crippen LogP contribution in [0.15, 0.2) is 79.0 Å². The van der Waals surface area contributed by atoms with Crippen molar-refractivity contribution in [2.45, 2.75) is 97.9 Å². The molecule has 3 aromatic carbocycles. The smallest absolute Gasteiger partial charge is 0.0870 e. The molecule has 3 heteroatoms. The number of hydrogen-bond acceptors (Lipinski definition) is 3. The number of rotatable bonds is 13. The first-order valence-electron chi connectivity index (χ1n) is 15.6. The molecule has 1 aliphatic heterocycles. The second kappa shape index (κ2) is 14.7. The maximum absolute atomic E-state index is 11.6. The predicted molar refractivity (Wildman–Crippen MR) is 170 cm³/mol. The van der Waals surface area contributed by atoms with Gasteiger partial charge in [-0.2, -0.15) is 0 Å². The second-order valence-electron chi connectivity index (χ2n) is 11.4. The standard InChI is InChI=1S/C37H50N2O/c1-6-29-17-19-34(32(8-3)23-29)25-39(26-35-20-18-30(7-2)24-33(35)9-4)36-21-22-38(27-37(36)40)28(5)15-16-31-13-11-10-12-14-31/h10-14,17-20,23-24,36-37,40H,5-9,15-16,21-22,25-27H2,1-4H3. The lowest BCUT2D eigenvalue weighted by Gasteiger charge is -2.43. The number of hydrogen-bond donors (Lipinski definition) is 1. The summed E-state index contributed by atoms with van der Waals surface area (Å²) < 4.78 is 0. The van der Waals surface area contributed by atoms with E-state index in [1.54, 1.807) is 0 Å². The minimum absolute atomic E-state index is 0.115. The molecular weight excluding hydrogens is 488 g/mol. The first-order chi connectivity index (χ1) is 19.4. The molecule has 0 spiro atoms. The number of aliphatic hydroxyl groups is 1.